The highest BCUT2D eigenvalue weighted by atomic mass is 19.4. The zero-order chi connectivity index (χ0) is 31.4. The average Bonchev–Trinajstić information content (AvgIpc) is 3.57. The second-order valence-corrected chi connectivity index (χ2v) is 9.59. The lowest BCUT2D eigenvalue weighted by Gasteiger charge is -2.16. The van der Waals surface area contributed by atoms with E-state index in [0.717, 1.165) is 43.2 Å². The quantitative estimate of drug-likeness (QED) is 0.287. The molecule has 0 bridgehead atoms. The Morgan fingerprint density at radius 2 is 1.52 bits per heavy atom. The van der Waals surface area contributed by atoms with Crippen LogP contribution in [0.5, 0.6) is 0 Å². The number of carboxylic acids is 2. The van der Waals surface area contributed by atoms with E-state index in [1.807, 2.05) is 6.92 Å². The number of pyridine rings is 1. The Morgan fingerprint density at radius 1 is 0.952 bits per heavy atom. The smallest absolute Gasteiger partial charge is 0.475 e. The molecule has 0 aliphatic carbocycles. The van der Waals surface area contributed by atoms with Gasteiger partial charge in [0.25, 0.3) is 0 Å². The maximum atomic E-state index is 10.6. The minimum absolute atomic E-state index is 0.446. The first-order valence-corrected chi connectivity index (χ1v) is 12.4. The highest BCUT2D eigenvalue weighted by molar-refractivity contribution is 5.88. The number of alkyl halides is 6. The van der Waals surface area contributed by atoms with Gasteiger partial charge in [-0.25, -0.2) is 9.59 Å². The molecule has 1 saturated heterocycles. The van der Waals surface area contributed by atoms with Gasteiger partial charge in [-0.15, -0.1) is 10.2 Å². The molecule has 4 aromatic rings. The summed E-state index contributed by atoms with van der Waals surface area (Å²) in [5.41, 5.74) is 6.91. The van der Waals surface area contributed by atoms with Crippen LogP contribution >= 0.6 is 0 Å². The fraction of sp³-hybridized carbons (Fsp3) is 0.385. The van der Waals surface area contributed by atoms with Crippen LogP contribution in [-0.4, -0.2) is 84.7 Å². The number of nitrogens with zero attached hydrogens (tertiary/aromatic N) is 5. The fourth-order valence-corrected chi connectivity index (χ4v) is 4.39. The van der Waals surface area contributed by atoms with Crippen LogP contribution in [0.4, 0.5) is 32.0 Å². The minimum Gasteiger partial charge on any atom is -0.475 e. The molecule has 1 aliphatic heterocycles. The molecule has 1 aliphatic rings. The van der Waals surface area contributed by atoms with E-state index in [2.05, 4.69) is 85.8 Å². The van der Waals surface area contributed by atoms with Crippen LogP contribution in [0.1, 0.15) is 23.5 Å². The van der Waals surface area contributed by atoms with Gasteiger partial charge < -0.3 is 25.0 Å². The molecule has 1 atom stereocenters. The van der Waals surface area contributed by atoms with Gasteiger partial charge in [0.2, 0.25) is 0 Å². The lowest BCUT2D eigenvalue weighted by Crippen LogP contribution is -2.23. The monoisotopic (exact) mass is 602 g/mol. The molecular formula is C26H28F6N6O4. The Labute approximate surface area is 235 Å². The number of nitrogens with one attached hydrogen (secondary N) is 1. The number of hydrogen-bond acceptors (Lipinski definition) is 6. The van der Waals surface area contributed by atoms with E-state index >= 15 is 0 Å². The standard InChI is InChI=1S/C22H26N6.2C2HF3O2/c1-15-11-21-20(27(15)13-17-7-5-4-6-8-17)12-19(22-25-24-16(2)28(21)22)23-18-9-10-26(3)14-18;2*3-2(4,5)1(6)7/h4-8,11-12,18,23H,9-10,13-14H2,1-3H3;2*(H,6,7). The van der Waals surface area contributed by atoms with Crippen LogP contribution in [0, 0.1) is 13.8 Å². The van der Waals surface area contributed by atoms with Crippen molar-refractivity contribution in [2.75, 3.05) is 25.5 Å². The summed E-state index contributed by atoms with van der Waals surface area (Å²) in [5, 5.41) is 26.8. The maximum absolute atomic E-state index is 10.6. The average molecular weight is 603 g/mol. The van der Waals surface area contributed by atoms with Crippen LogP contribution in [0.25, 0.3) is 16.7 Å². The number of carboxylic acid groups (broad SMARTS) is 2. The second kappa shape index (κ2) is 12.7. The molecule has 10 nitrogen and oxygen atoms in total. The fourth-order valence-electron chi connectivity index (χ4n) is 4.39. The molecule has 4 heterocycles. The number of likely N-dealkylation sites (tertiary alicyclic amines) is 1. The van der Waals surface area contributed by atoms with Crippen LogP contribution < -0.4 is 5.32 Å². The number of aromatic nitrogens is 4. The zero-order valence-corrected chi connectivity index (χ0v) is 22.7. The van der Waals surface area contributed by atoms with Crippen LogP contribution in [-0.2, 0) is 16.1 Å². The van der Waals surface area contributed by atoms with Gasteiger partial charge in [0.1, 0.15) is 5.82 Å². The van der Waals surface area contributed by atoms with Crippen molar-refractivity contribution in [3.63, 3.8) is 0 Å². The van der Waals surface area contributed by atoms with E-state index in [1.165, 1.54) is 22.3 Å². The third-order valence-corrected chi connectivity index (χ3v) is 6.33. The predicted octanol–water partition coefficient (Wildman–Crippen LogP) is 4.73. The van der Waals surface area contributed by atoms with Crippen molar-refractivity contribution in [1.82, 2.24) is 24.1 Å². The van der Waals surface area contributed by atoms with Crippen molar-refractivity contribution < 1.29 is 46.1 Å². The van der Waals surface area contributed by atoms with Gasteiger partial charge >= 0.3 is 24.3 Å². The molecule has 0 saturated carbocycles. The number of hydrogen-bond donors (Lipinski definition) is 3. The Hall–Kier alpha value is -4.34. The van der Waals surface area contributed by atoms with Gasteiger partial charge in [0.05, 0.1) is 16.7 Å². The number of aliphatic carboxylic acids is 2. The van der Waals surface area contributed by atoms with Crippen molar-refractivity contribution in [1.29, 1.82) is 0 Å². The zero-order valence-electron chi connectivity index (χ0n) is 22.7. The highest BCUT2D eigenvalue weighted by Crippen LogP contribution is 2.29. The topological polar surface area (TPSA) is 125 Å². The van der Waals surface area contributed by atoms with E-state index in [9.17, 15) is 26.3 Å². The summed E-state index contributed by atoms with van der Waals surface area (Å²) in [6.07, 6.45) is -9.02. The summed E-state index contributed by atoms with van der Waals surface area (Å²) in [4.78, 5) is 20.2. The molecule has 228 valence electrons. The van der Waals surface area contributed by atoms with E-state index in [0.29, 0.717) is 6.04 Å². The lowest BCUT2D eigenvalue weighted by molar-refractivity contribution is -0.193. The van der Waals surface area contributed by atoms with Crippen molar-refractivity contribution >= 4 is 34.3 Å². The largest absolute Gasteiger partial charge is 0.490 e. The number of anilines is 1. The predicted molar refractivity (Wildman–Crippen MR) is 140 cm³/mol. The third-order valence-electron chi connectivity index (χ3n) is 6.33. The molecule has 0 radical (unpaired) electrons. The molecule has 3 aromatic heterocycles. The summed E-state index contributed by atoms with van der Waals surface area (Å²) >= 11 is 0. The first kappa shape index (κ1) is 32.2. The first-order chi connectivity index (χ1) is 19.5. The summed E-state index contributed by atoms with van der Waals surface area (Å²) in [7, 11) is 2.18. The molecule has 0 spiro atoms. The normalized spacial score (nSPS) is 15.6. The summed E-state index contributed by atoms with van der Waals surface area (Å²) in [6, 6.07) is 15.6. The molecule has 0 amide bonds. The first-order valence-electron chi connectivity index (χ1n) is 12.4. The van der Waals surface area contributed by atoms with Crippen molar-refractivity contribution in [2.24, 2.45) is 0 Å². The Bertz CT molecular complexity index is 1520. The van der Waals surface area contributed by atoms with Gasteiger partial charge in [-0.05, 0) is 51.6 Å². The molecule has 1 aromatic carbocycles. The number of fused-ring (bicyclic) bond motifs is 3. The number of aryl methyl sites for hydroxylation is 2. The SMILES string of the molecule is Cc1cc2c(cc(NC3CCN(C)C3)c3nnc(C)n32)n1Cc1ccccc1.O=C(O)C(F)(F)F.O=C(O)C(F)(F)F. The molecule has 42 heavy (non-hydrogen) atoms. The molecule has 16 heteroatoms. The Kier molecular flexibility index (Phi) is 9.71. The van der Waals surface area contributed by atoms with Crippen molar-refractivity contribution in [3.8, 4) is 0 Å². The third kappa shape index (κ3) is 7.90. The number of likely N-dealkylation sites (N-methyl/N-ethyl adjacent to an activating group) is 1. The second-order valence-electron chi connectivity index (χ2n) is 9.59. The highest BCUT2D eigenvalue weighted by Gasteiger charge is 2.38. The van der Waals surface area contributed by atoms with Gasteiger partial charge in [0, 0.05) is 24.8 Å². The van der Waals surface area contributed by atoms with Gasteiger partial charge in [-0.3, -0.25) is 4.40 Å². The molecular weight excluding hydrogens is 574 g/mol. The van der Waals surface area contributed by atoms with E-state index in [1.54, 1.807) is 0 Å². The van der Waals surface area contributed by atoms with E-state index < -0.39 is 24.3 Å². The van der Waals surface area contributed by atoms with Crippen LogP contribution in [0.2, 0.25) is 0 Å². The maximum Gasteiger partial charge on any atom is 0.490 e. The van der Waals surface area contributed by atoms with Crippen molar-refractivity contribution in [2.45, 2.75) is 45.2 Å². The van der Waals surface area contributed by atoms with Gasteiger partial charge in [-0.2, -0.15) is 26.3 Å². The molecule has 1 fully saturated rings. The molecule has 5 rings (SSSR count). The van der Waals surface area contributed by atoms with Crippen LogP contribution in [0.3, 0.4) is 0 Å². The van der Waals surface area contributed by atoms with E-state index in [-0.39, 0.29) is 0 Å². The Balaban J connectivity index is 0.000000289. The minimum atomic E-state index is -5.08. The van der Waals surface area contributed by atoms with Crippen LogP contribution in [0.15, 0.2) is 42.5 Å². The summed E-state index contributed by atoms with van der Waals surface area (Å²) < 4.78 is 68.0. The number of rotatable bonds is 4. The van der Waals surface area contributed by atoms with E-state index in [4.69, 9.17) is 19.8 Å². The van der Waals surface area contributed by atoms with Gasteiger partial charge in [-0.1, -0.05) is 30.3 Å². The molecule has 3 N–H and O–H groups in total. The van der Waals surface area contributed by atoms with Crippen molar-refractivity contribution in [3.05, 3.63) is 59.5 Å². The number of halogens is 6. The van der Waals surface area contributed by atoms with Gasteiger partial charge in [0.15, 0.2) is 5.65 Å². The number of benzene rings is 1. The summed E-state index contributed by atoms with van der Waals surface area (Å²) in [6.45, 7) is 7.24. The summed E-state index contributed by atoms with van der Waals surface area (Å²) in [5.74, 6) is -4.59. The lowest BCUT2D eigenvalue weighted by atomic mass is 10.2. The number of carbonyl (C=O) groups is 2. The molecule has 1 unspecified atom stereocenters. The Morgan fingerprint density at radius 3 is 2.02 bits per heavy atom.